The van der Waals surface area contributed by atoms with Gasteiger partial charge in [-0.3, -0.25) is 0 Å². The zero-order valence-corrected chi connectivity index (χ0v) is 12.0. The number of ether oxygens (including phenoxy) is 2. The van der Waals surface area contributed by atoms with Crippen LogP contribution < -0.4 is 9.47 Å². The van der Waals surface area contributed by atoms with Gasteiger partial charge in [-0.2, -0.15) is 0 Å². The van der Waals surface area contributed by atoms with Gasteiger partial charge in [0.1, 0.15) is 11.6 Å². The summed E-state index contributed by atoms with van der Waals surface area (Å²) in [6.45, 7) is 0.129. The quantitative estimate of drug-likeness (QED) is 0.807. The molecule has 2 heterocycles. The lowest BCUT2D eigenvalue weighted by Gasteiger charge is -2.21. The number of rotatable bonds is 3. The van der Waals surface area contributed by atoms with Crippen LogP contribution in [0.1, 0.15) is 17.2 Å². The molecule has 0 amide bonds. The van der Waals surface area contributed by atoms with E-state index in [-0.39, 0.29) is 24.4 Å². The number of phenolic OH excluding ortho intramolecular Hbond substituents is 1. The third-order valence-electron chi connectivity index (χ3n) is 3.83. The standard InChI is InChI=1S/C17H13FN2O3/c18-12-3-1-11(2-4-12)17(20-6-5-19-9-20)13-7-15-16(8-14(13)21)23-10-22-15/h1-9,17,21H,10H2/t17-/m0/s1. The summed E-state index contributed by atoms with van der Waals surface area (Å²) < 4.78 is 25.8. The molecule has 0 saturated heterocycles. The minimum atomic E-state index is -0.354. The van der Waals surface area contributed by atoms with E-state index in [0.717, 1.165) is 5.56 Å². The molecule has 1 aliphatic rings. The van der Waals surface area contributed by atoms with E-state index in [9.17, 15) is 9.50 Å². The fourth-order valence-corrected chi connectivity index (χ4v) is 2.75. The third kappa shape index (κ3) is 2.38. The lowest BCUT2D eigenvalue weighted by molar-refractivity contribution is 0.174. The summed E-state index contributed by atoms with van der Waals surface area (Å²) in [5, 5.41) is 10.4. The van der Waals surface area contributed by atoms with E-state index in [0.29, 0.717) is 17.1 Å². The molecule has 0 bridgehead atoms. The fraction of sp³-hybridized carbons (Fsp3) is 0.118. The van der Waals surface area contributed by atoms with Gasteiger partial charge >= 0.3 is 0 Å². The number of benzene rings is 2. The molecule has 1 aliphatic heterocycles. The Morgan fingerprint density at radius 1 is 1.13 bits per heavy atom. The maximum absolute atomic E-state index is 13.2. The first-order chi connectivity index (χ1) is 11.2. The Morgan fingerprint density at radius 2 is 1.87 bits per heavy atom. The van der Waals surface area contributed by atoms with E-state index in [1.807, 2.05) is 4.57 Å². The van der Waals surface area contributed by atoms with Gasteiger partial charge in [0.05, 0.1) is 12.4 Å². The topological polar surface area (TPSA) is 56.5 Å². The molecular formula is C17H13FN2O3. The molecule has 3 aromatic rings. The number of phenols is 1. The highest BCUT2D eigenvalue weighted by Gasteiger charge is 2.24. The van der Waals surface area contributed by atoms with Crippen molar-refractivity contribution in [1.82, 2.24) is 9.55 Å². The van der Waals surface area contributed by atoms with Crippen molar-refractivity contribution < 1.29 is 19.0 Å². The van der Waals surface area contributed by atoms with Crippen LogP contribution in [0.15, 0.2) is 55.1 Å². The van der Waals surface area contributed by atoms with Gasteiger partial charge in [0.15, 0.2) is 11.5 Å². The predicted octanol–water partition coefficient (Wildman–Crippen LogP) is 3.09. The zero-order chi connectivity index (χ0) is 15.8. The highest BCUT2D eigenvalue weighted by atomic mass is 19.1. The van der Waals surface area contributed by atoms with Crippen LogP contribution in [0.2, 0.25) is 0 Å². The Kier molecular flexibility index (Phi) is 3.15. The summed E-state index contributed by atoms with van der Waals surface area (Å²) in [5.74, 6) is 0.852. The largest absolute Gasteiger partial charge is 0.507 e. The van der Waals surface area contributed by atoms with Crippen LogP contribution in [-0.2, 0) is 0 Å². The average Bonchev–Trinajstić information content (AvgIpc) is 3.21. The molecule has 6 heteroatoms. The predicted molar refractivity (Wildman–Crippen MR) is 80.1 cm³/mol. The van der Waals surface area contributed by atoms with Gasteiger partial charge in [0.25, 0.3) is 0 Å². The van der Waals surface area contributed by atoms with Gasteiger partial charge in [-0.25, -0.2) is 9.37 Å². The summed E-state index contributed by atoms with van der Waals surface area (Å²) in [6.07, 6.45) is 5.09. The van der Waals surface area contributed by atoms with Crippen molar-refractivity contribution in [1.29, 1.82) is 0 Å². The second kappa shape index (κ2) is 5.31. The SMILES string of the molecule is Oc1cc2c(cc1[C@H](c1ccc(F)cc1)n1ccnc1)OCO2. The molecule has 1 aromatic heterocycles. The molecule has 23 heavy (non-hydrogen) atoms. The summed E-state index contributed by atoms with van der Waals surface area (Å²) in [5.41, 5.74) is 1.44. The Morgan fingerprint density at radius 3 is 2.57 bits per heavy atom. The van der Waals surface area contributed by atoms with E-state index < -0.39 is 0 Å². The molecule has 1 atom stereocenters. The number of aromatic hydroxyl groups is 1. The monoisotopic (exact) mass is 312 g/mol. The van der Waals surface area contributed by atoms with E-state index in [2.05, 4.69) is 4.98 Å². The highest BCUT2D eigenvalue weighted by Crippen LogP contribution is 2.42. The normalized spacial score (nSPS) is 14.0. The van der Waals surface area contributed by atoms with Crippen molar-refractivity contribution in [2.45, 2.75) is 6.04 Å². The number of fused-ring (bicyclic) bond motifs is 1. The number of nitrogens with zero attached hydrogens (tertiary/aromatic N) is 2. The van der Waals surface area contributed by atoms with Gasteiger partial charge in [0, 0.05) is 24.0 Å². The Hall–Kier alpha value is -3.02. The van der Waals surface area contributed by atoms with Crippen molar-refractivity contribution >= 4 is 0 Å². The van der Waals surface area contributed by atoms with Crippen LogP contribution in [0.25, 0.3) is 0 Å². The molecule has 0 saturated carbocycles. The molecule has 0 radical (unpaired) electrons. The van der Waals surface area contributed by atoms with Gasteiger partial charge in [-0.15, -0.1) is 0 Å². The van der Waals surface area contributed by atoms with Crippen molar-refractivity contribution in [2.24, 2.45) is 0 Å². The van der Waals surface area contributed by atoms with E-state index in [1.165, 1.54) is 18.2 Å². The van der Waals surface area contributed by atoms with E-state index in [1.54, 1.807) is 36.9 Å². The smallest absolute Gasteiger partial charge is 0.231 e. The molecule has 5 nitrogen and oxygen atoms in total. The Balaban J connectivity index is 1.88. The number of hydrogen-bond donors (Lipinski definition) is 1. The highest BCUT2D eigenvalue weighted by molar-refractivity contribution is 5.54. The van der Waals surface area contributed by atoms with Gasteiger partial charge in [0.2, 0.25) is 6.79 Å². The molecule has 0 fully saturated rings. The van der Waals surface area contributed by atoms with Crippen LogP contribution >= 0.6 is 0 Å². The van der Waals surface area contributed by atoms with Crippen molar-refractivity contribution in [3.63, 3.8) is 0 Å². The van der Waals surface area contributed by atoms with Crippen LogP contribution in [0.5, 0.6) is 17.2 Å². The summed E-state index contributed by atoms with van der Waals surface area (Å²) >= 11 is 0. The van der Waals surface area contributed by atoms with Crippen LogP contribution in [0.4, 0.5) is 4.39 Å². The van der Waals surface area contributed by atoms with Gasteiger partial charge in [-0.05, 0) is 23.8 Å². The van der Waals surface area contributed by atoms with Crippen LogP contribution in [0, 0.1) is 5.82 Å². The first-order valence-corrected chi connectivity index (χ1v) is 7.08. The maximum Gasteiger partial charge on any atom is 0.231 e. The lowest BCUT2D eigenvalue weighted by Crippen LogP contribution is -2.11. The molecule has 116 valence electrons. The molecule has 0 unspecified atom stereocenters. The molecule has 0 spiro atoms. The maximum atomic E-state index is 13.2. The second-order valence-electron chi connectivity index (χ2n) is 5.23. The van der Waals surface area contributed by atoms with E-state index >= 15 is 0 Å². The first-order valence-electron chi connectivity index (χ1n) is 7.08. The number of aromatic nitrogens is 2. The van der Waals surface area contributed by atoms with Crippen molar-refractivity contribution in [3.8, 4) is 17.2 Å². The Bertz CT molecular complexity index is 832. The molecule has 1 N–H and O–H groups in total. The zero-order valence-electron chi connectivity index (χ0n) is 12.0. The van der Waals surface area contributed by atoms with E-state index in [4.69, 9.17) is 9.47 Å². The summed E-state index contributed by atoms with van der Waals surface area (Å²) in [7, 11) is 0. The molecule has 0 aliphatic carbocycles. The molecular weight excluding hydrogens is 299 g/mol. The average molecular weight is 312 g/mol. The number of halogens is 1. The van der Waals surface area contributed by atoms with Crippen LogP contribution in [-0.4, -0.2) is 21.5 Å². The lowest BCUT2D eigenvalue weighted by atomic mass is 9.97. The third-order valence-corrected chi connectivity index (χ3v) is 3.83. The minimum Gasteiger partial charge on any atom is -0.507 e. The van der Waals surface area contributed by atoms with Crippen LogP contribution in [0.3, 0.4) is 0 Å². The minimum absolute atomic E-state index is 0.0808. The van der Waals surface area contributed by atoms with Gasteiger partial charge in [-0.1, -0.05) is 12.1 Å². The second-order valence-corrected chi connectivity index (χ2v) is 5.23. The first kappa shape index (κ1) is 13.6. The Labute approximate surface area is 131 Å². The number of hydrogen-bond acceptors (Lipinski definition) is 4. The fourth-order valence-electron chi connectivity index (χ4n) is 2.75. The molecule has 2 aromatic carbocycles. The summed E-state index contributed by atoms with van der Waals surface area (Å²) in [6, 6.07) is 9.07. The number of imidazole rings is 1. The summed E-state index contributed by atoms with van der Waals surface area (Å²) in [4.78, 5) is 4.07. The molecule has 4 rings (SSSR count). The van der Waals surface area contributed by atoms with Crippen molar-refractivity contribution in [2.75, 3.05) is 6.79 Å². The van der Waals surface area contributed by atoms with Gasteiger partial charge < -0.3 is 19.1 Å². The van der Waals surface area contributed by atoms with Crippen molar-refractivity contribution in [3.05, 3.63) is 72.1 Å².